The molecular weight excluding hydrogens is 894 g/mol. The Balaban J connectivity index is 1.18. The Morgan fingerprint density at radius 3 is 1.30 bits per heavy atom. The van der Waals surface area contributed by atoms with Crippen molar-refractivity contribution >= 4 is 68.6 Å². The van der Waals surface area contributed by atoms with Gasteiger partial charge in [0.2, 0.25) is 0 Å². The molecule has 3 nitrogen and oxygen atoms in total. The third kappa shape index (κ3) is 7.81. The van der Waals surface area contributed by atoms with E-state index in [4.69, 9.17) is 0 Å². The maximum atomic E-state index is 2.82. The molecule has 0 spiro atoms. The standard InChI is InChI=1S/C70H82BN3/c1-45-40-61-63-62(41-45)73(53-32-26-48(27-33-53)66(8,9)10)60-44-54(34-36-57(60)71(63)56-35-28-51(68(14,15)16)43-59(56)72(61)52-30-24-47(25-31-52)65(5,6)7)74-58-37-29-50(67(11,12)13)42-55(58)70(39-19-18-38-69(70,74)17)49-22-20-46(21-23-49)64(2,3)4/h20-37,40-44H,18-19,38-39H2,1-17H3. The number of aryl methyl sites for hydroxylation is 1. The van der Waals surface area contributed by atoms with Gasteiger partial charge in [-0.05, 0) is 175 Å². The van der Waals surface area contributed by atoms with E-state index in [-0.39, 0.29) is 44.7 Å². The fraction of sp³-hybridized carbons (Fsp3) is 0.400. The first-order valence-electron chi connectivity index (χ1n) is 27.9. The highest BCUT2D eigenvalue weighted by molar-refractivity contribution is 7.00. The topological polar surface area (TPSA) is 9.72 Å². The maximum Gasteiger partial charge on any atom is 0.252 e. The minimum atomic E-state index is -0.221. The van der Waals surface area contributed by atoms with E-state index in [9.17, 15) is 0 Å². The Morgan fingerprint density at radius 2 is 0.797 bits per heavy atom. The lowest BCUT2D eigenvalue weighted by molar-refractivity contribution is 0.215. The van der Waals surface area contributed by atoms with Gasteiger partial charge in [0.05, 0.1) is 5.54 Å². The average molecular weight is 976 g/mol. The van der Waals surface area contributed by atoms with Gasteiger partial charge >= 0.3 is 0 Å². The lowest BCUT2D eigenvalue weighted by atomic mass is 9.33. The molecule has 3 heterocycles. The molecule has 0 saturated heterocycles. The first-order chi connectivity index (χ1) is 34.6. The fourth-order valence-electron chi connectivity index (χ4n) is 13.7. The molecule has 3 aliphatic heterocycles. The smallest absolute Gasteiger partial charge is 0.252 e. The SMILES string of the molecule is Cc1cc2c3c(c1)N(c1ccc(C(C)(C)C)cc1)c1cc(C(C)(C)C)ccc1B3c1ccc(N3c4ccc(C(C)(C)C)cc4C4(c5ccc(C(C)(C)C)cc5)CCCCC34C)cc1N2c1ccc(C(C)(C)C)cc1. The van der Waals surface area contributed by atoms with Crippen LogP contribution in [-0.2, 0) is 32.5 Å². The molecule has 1 aliphatic carbocycles. The molecule has 2 atom stereocenters. The number of nitrogens with zero attached hydrogens (tertiary/aromatic N) is 3. The van der Waals surface area contributed by atoms with E-state index in [2.05, 4.69) is 272 Å². The number of rotatable bonds is 4. The molecule has 0 amide bonds. The summed E-state index contributed by atoms with van der Waals surface area (Å²) in [7, 11) is 0. The molecule has 0 aromatic heterocycles. The van der Waals surface area contributed by atoms with Gasteiger partial charge in [0.25, 0.3) is 6.71 Å². The molecule has 74 heavy (non-hydrogen) atoms. The Kier molecular flexibility index (Phi) is 11.4. The molecule has 7 aromatic carbocycles. The van der Waals surface area contributed by atoms with Crippen molar-refractivity contribution in [1.29, 1.82) is 0 Å². The highest BCUT2D eigenvalue weighted by atomic mass is 15.3. The summed E-state index contributed by atoms with van der Waals surface area (Å²) >= 11 is 0. The number of anilines is 8. The van der Waals surface area contributed by atoms with Crippen molar-refractivity contribution in [1.82, 2.24) is 0 Å². The number of benzene rings is 7. The zero-order valence-electron chi connectivity index (χ0n) is 48.0. The van der Waals surface area contributed by atoms with Crippen LogP contribution in [0.2, 0.25) is 0 Å². The van der Waals surface area contributed by atoms with Crippen LogP contribution in [0.5, 0.6) is 0 Å². The van der Waals surface area contributed by atoms with Gasteiger partial charge in [0, 0.05) is 50.9 Å². The summed E-state index contributed by atoms with van der Waals surface area (Å²) < 4.78 is 0. The highest BCUT2D eigenvalue weighted by Crippen LogP contribution is 2.64. The fourth-order valence-corrected chi connectivity index (χ4v) is 13.7. The first kappa shape index (κ1) is 50.2. The Bertz CT molecular complexity index is 3330. The van der Waals surface area contributed by atoms with Crippen LogP contribution >= 0.6 is 0 Å². The minimum Gasteiger partial charge on any atom is -0.334 e. The van der Waals surface area contributed by atoms with Crippen molar-refractivity contribution in [3.8, 4) is 0 Å². The number of fused-ring (bicyclic) bond motifs is 7. The summed E-state index contributed by atoms with van der Waals surface area (Å²) in [6, 6.07) is 56.3. The molecule has 11 rings (SSSR count). The highest BCUT2D eigenvalue weighted by Gasteiger charge is 2.61. The summed E-state index contributed by atoms with van der Waals surface area (Å²) in [5.74, 6) is 0. The molecule has 1 fully saturated rings. The van der Waals surface area contributed by atoms with Crippen molar-refractivity contribution in [2.75, 3.05) is 14.7 Å². The van der Waals surface area contributed by atoms with Crippen molar-refractivity contribution in [2.24, 2.45) is 0 Å². The molecule has 0 N–H and O–H groups in total. The van der Waals surface area contributed by atoms with Gasteiger partial charge in [-0.3, -0.25) is 0 Å². The summed E-state index contributed by atoms with van der Waals surface area (Å²) in [6.07, 6.45) is 4.63. The molecule has 0 radical (unpaired) electrons. The van der Waals surface area contributed by atoms with Crippen LogP contribution in [0.1, 0.15) is 181 Å². The van der Waals surface area contributed by atoms with Gasteiger partial charge in [0.1, 0.15) is 0 Å². The molecular formula is C70H82BN3. The van der Waals surface area contributed by atoms with E-state index >= 15 is 0 Å². The van der Waals surface area contributed by atoms with E-state index in [1.807, 2.05) is 0 Å². The maximum absolute atomic E-state index is 2.82. The van der Waals surface area contributed by atoms with Crippen LogP contribution in [0, 0.1) is 6.92 Å². The van der Waals surface area contributed by atoms with E-state index in [1.54, 1.807) is 0 Å². The minimum absolute atomic E-state index is 0.0133. The third-order valence-electron chi connectivity index (χ3n) is 18.0. The van der Waals surface area contributed by atoms with Gasteiger partial charge in [-0.1, -0.05) is 196 Å². The van der Waals surface area contributed by atoms with Gasteiger partial charge in [-0.2, -0.15) is 0 Å². The summed E-state index contributed by atoms with van der Waals surface area (Å²) in [5, 5.41) is 0. The normalized spacial score (nSPS) is 19.5. The van der Waals surface area contributed by atoms with Crippen molar-refractivity contribution in [3.63, 3.8) is 0 Å². The molecule has 7 aromatic rings. The summed E-state index contributed by atoms with van der Waals surface area (Å²) in [4.78, 5) is 8.03. The molecule has 0 bridgehead atoms. The predicted octanol–water partition coefficient (Wildman–Crippen LogP) is 17.3. The molecule has 4 aliphatic rings. The first-order valence-corrected chi connectivity index (χ1v) is 27.9. The van der Waals surface area contributed by atoms with E-state index in [1.165, 1.54) is 119 Å². The predicted molar refractivity (Wildman–Crippen MR) is 321 cm³/mol. The summed E-state index contributed by atoms with van der Waals surface area (Å²) in [6.45, 7) is 40.0. The Morgan fingerprint density at radius 1 is 0.392 bits per heavy atom. The average Bonchev–Trinajstić information content (AvgIpc) is 3.66. The summed E-state index contributed by atoms with van der Waals surface area (Å²) in [5.41, 5.74) is 24.8. The lowest BCUT2D eigenvalue weighted by Gasteiger charge is -2.52. The number of hydrogen-bond acceptors (Lipinski definition) is 3. The lowest BCUT2D eigenvalue weighted by Crippen LogP contribution is -2.61. The van der Waals surface area contributed by atoms with E-state index in [0.717, 1.165) is 12.8 Å². The van der Waals surface area contributed by atoms with Crippen LogP contribution in [-0.4, -0.2) is 12.3 Å². The zero-order valence-corrected chi connectivity index (χ0v) is 48.0. The number of hydrogen-bond donors (Lipinski definition) is 0. The van der Waals surface area contributed by atoms with Crippen LogP contribution in [0.25, 0.3) is 0 Å². The van der Waals surface area contributed by atoms with Crippen LogP contribution in [0.15, 0.2) is 140 Å². The van der Waals surface area contributed by atoms with Gasteiger partial charge in [-0.15, -0.1) is 0 Å². The van der Waals surface area contributed by atoms with Crippen molar-refractivity contribution in [3.05, 3.63) is 184 Å². The quantitative estimate of drug-likeness (QED) is 0.163. The van der Waals surface area contributed by atoms with Gasteiger partial charge in [0.15, 0.2) is 0 Å². The zero-order chi connectivity index (χ0) is 52.9. The van der Waals surface area contributed by atoms with Crippen molar-refractivity contribution < 1.29 is 0 Å². The van der Waals surface area contributed by atoms with E-state index in [0.29, 0.717) is 0 Å². The van der Waals surface area contributed by atoms with Crippen LogP contribution < -0.4 is 31.1 Å². The second-order valence-electron chi connectivity index (χ2n) is 28.2. The van der Waals surface area contributed by atoms with Crippen LogP contribution in [0.4, 0.5) is 45.5 Å². The van der Waals surface area contributed by atoms with Gasteiger partial charge in [-0.25, -0.2) is 0 Å². The van der Waals surface area contributed by atoms with E-state index < -0.39 is 0 Å². The second-order valence-corrected chi connectivity index (χ2v) is 28.2. The second kappa shape index (κ2) is 16.8. The van der Waals surface area contributed by atoms with Crippen LogP contribution in [0.3, 0.4) is 0 Å². The monoisotopic (exact) mass is 976 g/mol. The molecule has 1 saturated carbocycles. The largest absolute Gasteiger partial charge is 0.334 e. The van der Waals surface area contributed by atoms with Gasteiger partial charge < -0.3 is 14.7 Å². The Labute approximate surface area is 446 Å². The molecule has 2 unspecified atom stereocenters. The molecule has 4 heteroatoms. The Hall–Kier alpha value is -6.00. The molecule has 380 valence electrons. The van der Waals surface area contributed by atoms with Crippen molar-refractivity contribution in [2.45, 2.75) is 181 Å². The third-order valence-corrected chi connectivity index (χ3v) is 18.0.